The fourth-order valence-corrected chi connectivity index (χ4v) is 2.38. The summed E-state index contributed by atoms with van der Waals surface area (Å²) in [5.74, 6) is 1.68. The molecule has 1 aliphatic rings. The van der Waals surface area contributed by atoms with Crippen LogP contribution in [0.4, 0.5) is 5.82 Å². The third kappa shape index (κ3) is 3.81. The SMILES string of the molecule is CCOc1cc(N2CCC(CC(N)=O)CC2)ncn1. The molecule has 0 unspecified atom stereocenters. The van der Waals surface area contributed by atoms with E-state index < -0.39 is 0 Å². The standard InChI is InChI=1S/C13H20N4O2/c1-2-19-13-8-12(15-9-16-13)17-5-3-10(4-6-17)7-11(14)18/h8-10H,2-7H2,1H3,(H2,14,18). The molecule has 0 atom stereocenters. The molecule has 104 valence electrons. The lowest BCUT2D eigenvalue weighted by Crippen LogP contribution is -2.35. The van der Waals surface area contributed by atoms with Crippen LogP contribution in [0.3, 0.4) is 0 Å². The van der Waals surface area contributed by atoms with Crippen LogP contribution in [0.2, 0.25) is 0 Å². The molecule has 1 aromatic rings. The number of nitrogens with two attached hydrogens (primary N) is 1. The largest absolute Gasteiger partial charge is 0.478 e. The smallest absolute Gasteiger partial charge is 0.218 e. The molecule has 19 heavy (non-hydrogen) atoms. The maximum atomic E-state index is 10.9. The molecule has 0 spiro atoms. The topological polar surface area (TPSA) is 81.3 Å². The first-order valence-electron chi connectivity index (χ1n) is 6.67. The molecular weight excluding hydrogens is 244 g/mol. The number of primary amides is 1. The molecule has 0 bridgehead atoms. The van der Waals surface area contributed by atoms with Crippen molar-refractivity contribution in [1.29, 1.82) is 0 Å². The Bertz CT molecular complexity index is 430. The van der Waals surface area contributed by atoms with Gasteiger partial charge in [0.15, 0.2) is 0 Å². The highest BCUT2D eigenvalue weighted by atomic mass is 16.5. The molecule has 6 heteroatoms. The average Bonchev–Trinajstić information content (AvgIpc) is 2.40. The van der Waals surface area contributed by atoms with Gasteiger partial charge in [-0.2, -0.15) is 0 Å². The van der Waals surface area contributed by atoms with E-state index in [1.54, 1.807) is 0 Å². The Morgan fingerprint density at radius 1 is 1.47 bits per heavy atom. The molecule has 1 aromatic heterocycles. The van der Waals surface area contributed by atoms with Crippen LogP contribution >= 0.6 is 0 Å². The maximum Gasteiger partial charge on any atom is 0.218 e. The zero-order valence-corrected chi connectivity index (χ0v) is 11.2. The Balaban J connectivity index is 1.93. The van der Waals surface area contributed by atoms with Crippen molar-refractivity contribution in [3.8, 4) is 5.88 Å². The molecule has 0 radical (unpaired) electrons. The van der Waals surface area contributed by atoms with E-state index in [2.05, 4.69) is 14.9 Å². The van der Waals surface area contributed by atoms with Crippen molar-refractivity contribution in [3.05, 3.63) is 12.4 Å². The first-order valence-corrected chi connectivity index (χ1v) is 6.67. The van der Waals surface area contributed by atoms with Gasteiger partial charge in [-0.15, -0.1) is 0 Å². The van der Waals surface area contributed by atoms with Crippen molar-refractivity contribution in [2.45, 2.75) is 26.2 Å². The van der Waals surface area contributed by atoms with E-state index in [4.69, 9.17) is 10.5 Å². The number of anilines is 1. The molecule has 1 fully saturated rings. The fraction of sp³-hybridized carbons (Fsp3) is 0.615. The maximum absolute atomic E-state index is 10.9. The Labute approximate surface area is 113 Å². The predicted octanol–water partition coefficient (Wildman–Crippen LogP) is 0.967. The Hall–Kier alpha value is -1.85. The second-order valence-electron chi connectivity index (χ2n) is 4.75. The molecule has 2 N–H and O–H groups in total. The Morgan fingerprint density at radius 3 is 2.84 bits per heavy atom. The van der Waals surface area contributed by atoms with E-state index in [9.17, 15) is 4.79 Å². The summed E-state index contributed by atoms with van der Waals surface area (Å²) in [5.41, 5.74) is 5.23. The van der Waals surface area contributed by atoms with Gasteiger partial charge in [-0.1, -0.05) is 0 Å². The molecule has 2 rings (SSSR count). The molecule has 2 heterocycles. The van der Waals surface area contributed by atoms with Crippen LogP contribution in [-0.2, 0) is 4.79 Å². The minimum Gasteiger partial charge on any atom is -0.478 e. The molecule has 1 saturated heterocycles. The van der Waals surface area contributed by atoms with Gasteiger partial charge in [0.1, 0.15) is 12.1 Å². The summed E-state index contributed by atoms with van der Waals surface area (Å²) in [6.07, 6.45) is 3.95. The summed E-state index contributed by atoms with van der Waals surface area (Å²) in [4.78, 5) is 21.4. The third-order valence-electron chi connectivity index (χ3n) is 3.35. The van der Waals surface area contributed by atoms with Gasteiger partial charge in [-0.3, -0.25) is 4.79 Å². The molecule has 0 saturated carbocycles. The normalized spacial score (nSPS) is 16.4. The van der Waals surface area contributed by atoms with Gasteiger partial charge in [0.05, 0.1) is 6.61 Å². The number of ether oxygens (including phenoxy) is 1. The number of amides is 1. The number of hydrogen-bond donors (Lipinski definition) is 1. The van der Waals surface area contributed by atoms with Crippen molar-refractivity contribution < 1.29 is 9.53 Å². The van der Waals surface area contributed by atoms with Gasteiger partial charge >= 0.3 is 0 Å². The number of carbonyl (C=O) groups is 1. The van der Waals surface area contributed by atoms with Crippen LogP contribution in [0.15, 0.2) is 12.4 Å². The Kier molecular flexibility index (Phi) is 4.54. The molecule has 1 aliphatic heterocycles. The molecular formula is C13H20N4O2. The first kappa shape index (κ1) is 13.6. The van der Waals surface area contributed by atoms with E-state index >= 15 is 0 Å². The van der Waals surface area contributed by atoms with E-state index in [-0.39, 0.29) is 5.91 Å². The second-order valence-corrected chi connectivity index (χ2v) is 4.75. The highest BCUT2D eigenvalue weighted by molar-refractivity contribution is 5.74. The van der Waals surface area contributed by atoms with Crippen LogP contribution in [-0.4, -0.2) is 35.6 Å². The van der Waals surface area contributed by atoms with E-state index in [0.717, 1.165) is 31.7 Å². The minimum absolute atomic E-state index is 0.209. The van der Waals surface area contributed by atoms with Crippen LogP contribution in [0, 0.1) is 5.92 Å². The number of rotatable bonds is 5. The van der Waals surface area contributed by atoms with Crippen molar-refractivity contribution >= 4 is 11.7 Å². The van der Waals surface area contributed by atoms with Crippen molar-refractivity contribution in [2.75, 3.05) is 24.6 Å². The van der Waals surface area contributed by atoms with Gasteiger partial charge < -0.3 is 15.4 Å². The minimum atomic E-state index is -0.209. The third-order valence-corrected chi connectivity index (χ3v) is 3.35. The average molecular weight is 264 g/mol. The van der Waals surface area contributed by atoms with Crippen molar-refractivity contribution in [1.82, 2.24) is 9.97 Å². The lowest BCUT2D eigenvalue weighted by atomic mass is 9.93. The van der Waals surface area contributed by atoms with Gasteiger partial charge in [-0.05, 0) is 25.7 Å². The predicted molar refractivity (Wildman–Crippen MR) is 71.9 cm³/mol. The van der Waals surface area contributed by atoms with Crippen LogP contribution in [0.25, 0.3) is 0 Å². The molecule has 0 aliphatic carbocycles. The summed E-state index contributed by atoms with van der Waals surface area (Å²) < 4.78 is 5.37. The summed E-state index contributed by atoms with van der Waals surface area (Å²) in [6.45, 7) is 4.30. The van der Waals surface area contributed by atoms with Gasteiger partial charge in [0, 0.05) is 25.6 Å². The number of aromatic nitrogens is 2. The zero-order chi connectivity index (χ0) is 13.7. The van der Waals surface area contributed by atoms with E-state index in [0.29, 0.717) is 24.8 Å². The summed E-state index contributed by atoms with van der Waals surface area (Å²) in [7, 11) is 0. The number of piperidine rings is 1. The van der Waals surface area contributed by atoms with Crippen LogP contribution in [0.1, 0.15) is 26.2 Å². The molecule has 1 amide bonds. The van der Waals surface area contributed by atoms with Gasteiger partial charge in [0.25, 0.3) is 0 Å². The highest BCUT2D eigenvalue weighted by Gasteiger charge is 2.21. The second kappa shape index (κ2) is 6.36. The van der Waals surface area contributed by atoms with E-state index in [1.165, 1.54) is 6.33 Å². The van der Waals surface area contributed by atoms with E-state index in [1.807, 2.05) is 13.0 Å². The number of hydrogen-bond acceptors (Lipinski definition) is 5. The summed E-state index contributed by atoms with van der Waals surface area (Å²) >= 11 is 0. The monoisotopic (exact) mass is 264 g/mol. The fourth-order valence-electron chi connectivity index (χ4n) is 2.38. The highest BCUT2D eigenvalue weighted by Crippen LogP contribution is 2.24. The lowest BCUT2D eigenvalue weighted by Gasteiger charge is -2.32. The van der Waals surface area contributed by atoms with Crippen LogP contribution < -0.4 is 15.4 Å². The summed E-state index contributed by atoms with van der Waals surface area (Å²) in [6, 6.07) is 1.86. The van der Waals surface area contributed by atoms with Crippen LogP contribution in [0.5, 0.6) is 5.88 Å². The van der Waals surface area contributed by atoms with Crippen molar-refractivity contribution in [2.24, 2.45) is 11.7 Å². The quantitative estimate of drug-likeness (QED) is 0.857. The lowest BCUT2D eigenvalue weighted by molar-refractivity contribution is -0.119. The van der Waals surface area contributed by atoms with Gasteiger partial charge in [0.2, 0.25) is 11.8 Å². The zero-order valence-electron chi connectivity index (χ0n) is 11.2. The molecule has 0 aromatic carbocycles. The molecule has 6 nitrogen and oxygen atoms in total. The van der Waals surface area contributed by atoms with Gasteiger partial charge in [-0.25, -0.2) is 9.97 Å². The summed E-state index contributed by atoms with van der Waals surface area (Å²) in [5, 5.41) is 0. The number of carbonyl (C=O) groups excluding carboxylic acids is 1. The first-order chi connectivity index (χ1) is 9.19. The Morgan fingerprint density at radius 2 is 2.21 bits per heavy atom. The van der Waals surface area contributed by atoms with Crippen molar-refractivity contribution in [3.63, 3.8) is 0 Å². The number of nitrogens with zero attached hydrogens (tertiary/aromatic N) is 3.